The van der Waals surface area contributed by atoms with Gasteiger partial charge in [-0.1, -0.05) is 30.3 Å². The molecular formula is C21H20N6S. The lowest BCUT2D eigenvalue weighted by Crippen LogP contribution is -2.43. The molecule has 140 valence electrons. The van der Waals surface area contributed by atoms with Crippen molar-refractivity contribution in [2.75, 3.05) is 36.4 Å². The molecule has 0 spiro atoms. The van der Waals surface area contributed by atoms with Crippen molar-refractivity contribution >= 4 is 38.7 Å². The number of nitrogens with one attached hydrogen (secondary N) is 2. The van der Waals surface area contributed by atoms with E-state index in [1.165, 1.54) is 0 Å². The minimum Gasteiger partial charge on any atom is -0.367 e. The van der Waals surface area contributed by atoms with Crippen LogP contribution in [0.4, 0.5) is 17.2 Å². The third kappa shape index (κ3) is 3.30. The molecule has 2 N–H and O–H groups in total. The second-order valence-corrected chi connectivity index (χ2v) is 7.68. The highest BCUT2D eigenvalue weighted by molar-refractivity contribution is 7.21. The minimum atomic E-state index is 0.764. The van der Waals surface area contributed by atoms with Gasteiger partial charge in [0.15, 0.2) is 5.82 Å². The van der Waals surface area contributed by atoms with Gasteiger partial charge in [-0.2, -0.15) is 0 Å². The van der Waals surface area contributed by atoms with Crippen LogP contribution in [0.1, 0.15) is 0 Å². The largest absolute Gasteiger partial charge is 0.367 e. The first-order chi connectivity index (χ1) is 13.9. The SMILES string of the molecule is c1ccc(-c2nc3c(Nc4cnccc4N4CCNCC4)nccc3s2)cc1. The molecule has 0 radical (unpaired) electrons. The van der Waals surface area contributed by atoms with Gasteiger partial charge < -0.3 is 15.5 Å². The number of pyridine rings is 2. The molecule has 1 aromatic carbocycles. The zero-order chi connectivity index (χ0) is 18.8. The average Bonchev–Trinajstić information content (AvgIpc) is 3.21. The fourth-order valence-electron chi connectivity index (χ4n) is 3.44. The number of fused-ring (bicyclic) bond motifs is 1. The number of hydrogen-bond donors (Lipinski definition) is 2. The van der Waals surface area contributed by atoms with Gasteiger partial charge in [0.1, 0.15) is 10.5 Å². The fraction of sp³-hybridized carbons (Fsp3) is 0.190. The Morgan fingerprint density at radius 2 is 1.86 bits per heavy atom. The summed E-state index contributed by atoms with van der Waals surface area (Å²) in [5.41, 5.74) is 4.12. The van der Waals surface area contributed by atoms with Crippen LogP contribution in [0.3, 0.4) is 0 Å². The summed E-state index contributed by atoms with van der Waals surface area (Å²) in [6, 6.07) is 14.3. The Bertz CT molecular complexity index is 1090. The quantitative estimate of drug-likeness (QED) is 0.553. The summed E-state index contributed by atoms with van der Waals surface area (Å²) in [4.78, 5) is 16.1. The number of rotatable bonds is 4. The van der Waals surface area contributed by atoms with E-state index < -0.39 is 0 Å². The van der Waals surface area contributed by atoms with Crippen molar-refractivity contribution in [1.29, 1.82) is 0 Å². The van der Waals surface area contributed by atoms with Gasteiger partial charge in [-0.25, -0.2) is 9.97 Å². The van der Waals surface area contributed by atoms with Crippen molar-refractivity contribution in [3.8, 4) is 10.6 Å². The van der Waals surface area contributed by atoms with Gasteiger partial charge >= 0.3 is 0 Å². The molecular weight excluding hydrogens is 368 g/mol. The van der Waals surface area contributed by atoms with Crippen LogP contribution >= 0.6 is 11.3 Å². The number of aromatic nitrogens is 3. The van der Waals surface area contributed by atoms with E-state index in [1.54, 1.807) is 11.3 Å². The van der Waals surface area contributed by atoms with Gasteiger partial charge in [0.2, 0.25) is 0 Å². The van der Waals surface area contributed by atoms with Gasteiger partial charge in [0.05, 0.1) is 22.3 Å². The molecule has 4 heterocycles. The second kappa shape index (κ2) is 7.53. The normalized spacial score (nSPS) is 14.4. The van der Waals surface area contributed by atoms with Crippen molar-refractivity contribution in [2.24, 2.45) is 0 Å². The Morgan fingerprint density at radius 1 is 1.00 bits per heavy atom. The molecule has 1 fully saturated rings. The van der Waals surface area contributed by atoms with Crippen LogP contribution in [0.2, 0.25) is 0 Å². The molecule has 7 heteroatoms. The molecule has 3 aromatic heterocycles. The minimum absolute atomic E-state index is 0.764. The molecule has 0 amide bonds. The van der Waals surface area contributed by atoms with Crippen LogP contribution < -0.4 is 15.5 Å². The average molecular weight is 389 g/mol. The van der Waals surface area contributed by atoms with Crippen LogP contribution in [0.15, 0.2) is 61.1 Å². The van der Waals surface area contributed by atoms with Crippen molar-refractivity contribution in [1.82, 2.24) is 20.3 Å². The van der Waals surface area contributed by atoms with Crippen molar-refractivity contribution in [3.05, 3.63) is 61.1 Å². The van der Waals surface area contributed by atoms with Crippen LogP contribution in [0.25, 0.3) is 20.8 Å². The molecule has 5 rings (SSSR count). The molecule has 28 heavy (non-hydrogen) atoms. The number of piperazine rings is 1. The van der Waals surface area contributed by atoms with E-state index in [-0.39, 0.29) is 0 Å². The van der Waals surface area contributed by atoms with Gasteiger partial charge in [0.25, 0.3) is 0 Å². The summed E-state index contributed by atoms with van der Waals surface area (Å²) in [6.45, 7) is 3.93. The fourth-order valence-corrected chi connectivity index (χ4v) is 4.41. The highest BCUT2D eigenvalue weighted by Gasteiger charge is 2.16. The summed E-state index contributed by atoms with van der Waals surface area (Å²) < 4.78 is 1.11. The highest BCUT2D eigenvalue weighted by Crippen LogP contribution is 2.35. The molecule has 0 atom stereocenters. The van der Waals surface area contributed by atoms with Gasteiger partial charge in [-0.15, -0.1) is 11.3 Å². The maximum Gasteiger partial charge on any atom is 0.157 e. The van der Waals surface area contributed by atoms with E-state index in [1.807, 2.05) is 42.9 Å². The molecule has 1 aliphatic rings. The third-order valence-electron chi connectivity index (χ3n) is 4.84. The Balaban J connectivity index is 1.52. The lowest BCUT2D eigenvalue weighted by Gasteiger charge is -2.30. The Hall–Kier alpha value is -3.03. The third-order valence-corrected chi connectivity index (χ3v) is 5.91. The number of nitrogens with zero attached hydrogens (tertiary/aromatic N) is 4. The second-order valence-electron chi connectivity index (χ2n) is 6.65. The van der Waals surface area contributed by atoms with E-state index in [4.69, 9.17) is 4.98 Å². The molecule has 0 saturated carbocycles. The molecule has 0 aliphatic carbocycles. The summed E-state index contributed by atoms with van der Waals surface area (Å²) in [5, 5.41) is 7.88. The first kappa shape index (κ1) is 17.1. The Kier molecular flexibility index (Phi) is 4.60. The number of hydrogen-bond acceptors (Lipinski definition) is 7. The summed E-state index contributed by atoms with van der Waals surface area (Å²) in [5.74, 6) is 0.764. The van der Waals surface area contributed by atoms with Crippen LogP contribution in [-0.2, 0) is 0 Å². The summed E-state index contributed by atoms with van der Waals surface area (Å²) >= 11 is 1.68. The summed E-state index contributed by atoms with van der Waals surface area (Å²) in [6.07, 6.45) is 5.54. The molecule has 1 aliphatic heterocycles. The van der Waals surface area contributed by atoms with E-state index in [0.717, 1.165) is 64.2 Å². The smallest absolute Gasteiger partial charge is 0.157 e. The van der Waals surface area contributed by atoms with Gasteiger partial charge in [-0.3, -0.25) is 4.98 Å². The highest BCUT2D eigenvalue weighted by atomic mass is 32.1. The van der Waals surface area contributed by atoms with E-state index in [2.05, 4.69) is 43.7 Å². The molecule has 4 aromatic rings. The van der Waals surface area contributed by atoms with Crippen molar-refractivity contribution in [3.63, 3.8) is 0 Å². The number of anilines is 3. The monoisotopic (exact) mass is 388 g/mol. The van der Waals surface area contributed by atoms with Gasteiger partial charge in [0, 0.05) is 44.1 Å². The van der Waals surface area contributed by atoms with Crippen molar-refractivity contribution in [2.45, 2.75) is 0 Å². The van der Waals surface area contributed by atoms with Crippen LogP contribution in [0.5, 0.6) is 0 Å². The van der Waals surface area contributed by atoms with E-state index in [0.29, 0.717) is 0 Å². The topological polar surface area (TPSA) is 66.0 Å². The van der Waals surface area contributed by atoms with E-state index in [9.17, 15) is 0 Å². The maximum atomic E-state index is 4.87. The number of benzene rings is 1. The molecule has 0 unspecified atom stereocenters. The van der Waals surface area contributed by atoms with E-state index >= 15 is 0 Å². The predicted molar refractivity (Wildman–Crippen MR) is 115 cm³/mol. The van der Waals surface area contributed by atoms with Crippen LogP contribution in [0, 0.1) is 0 Å². The van der Waals surface area contributed by atoms with Gasteiger partial charge in [-0.05, 0) is 12.1 Å². The van der Waals surface area contributed by atoms with Crippen molar-refractivity contribution < 1.29 is 0 Å². The first-order valence-electron chi connectivity index (χ1n) is 9.36. The predicted octanol–water partition coefficient (Wildman–Crippen LogP) is 3.91. The Labute approximate surface area is 167 Å². The summed E-state index contributed by atoms with van der Waals surface area (Å²) in [7, 11) is 0. The molecule has 6 nitrogen and oxygen atoms in total. The number of thiazole rings is 1. The maximum absolute atomic E-state index is 4.87. The lowest BCUT2D eigenvalue weighted by molar-refractivity contribution is 0.589. The van der Waals surface area contributed by atoms with Crippen LogP contribution in [-0.4, -0.2) is 41.1 Å². The zero-order valence-corrected chi connectivity index (χ0v) is 16.1. The molecule has 0 bridgehead atoms. The lowest BCUT2D eigenvalue weighted by atomic mass is 10.2. The Morgan fingerprint density at radius 3 is 2.71 bits per heavy atom. The first-order valence-corrected chi connectivity index (χ1v) is 10.2. The zero-order valence-electron chi connectivity index (χ0n) is 15.3. The standard InChI is InChI=1S/C21H20N6S/c1-2-4-15(5-3-1)21-26-19-18(28-21)7-9-24-20(19)25-16-14-23-8-6-17(16)27-12-10-22-11-13-27/h1-9,14,22H,10-13H2,(H,24,25). The molecule has 1 saturated heterocycles.